The number of likely N-dealkylation sites (tertiary alicyclic amines) is 1. The van der Waals surface area contributed by atoms with Crippen molar-refractivity contribution >= 4 is 16.8 Å². The second-order valence-corrected chi connectivity index (χ2v) is 7.94. The molecule has 0 aliphatic carbocycles. The fraction of sp³-hybridized carbons (Fsp3) is 0.375. The molecule has 4 rings (SSSR count). The molecule has 152 valence electrons. The molecule has 5 nitrogen and oxygen atoms in total. The van der Waals surface area contributed by atoms with E-state index in [1.807, 2.05) is 24.3 Å². The summed E-state index contributed by atoms with van der Waals surface area (Å²) in [6, 6.07) is 14.5. The molecule has 1 amide bonds. The van der Waals surface area contributed by atoms with Crippen LogP contribution in [0.15, 0.2) is 48.7 Å². The lowest BCUT2D eigenvalue weighted by Gasteiger charge is -2.33. The van der Waals surface area contributed by atoms with Crippen LogP contribution < -0.4 is 10.5 Å². The Kier molecular flexibility index (Phi) is 5.58. The zero-order valence-corrected chi connectivity index (χ0v) is 17.2. The molecule has 5 heteroatoms. The summed E-state index contributed by atoms with van der Waals surface area (Å²) in [4.78, 5) is 14.1. The first-order chi connectivity index (χ1) is 14.1. The number of aryl methyl sites for hydroxylation is 1. The van der Waals surface area contributed by atoms with E-state index in [1.165, 1.54) is 11.1 Å². The monoisotopic (exact) mass is 391 g/mol. The molecule has 1 fully saturated rings. The van der Waals surface area contributed by atoms with Crippen LogP contribution in [0.3, 0.4) is 0 Å². The Morgan fingerprint density at radius 1 is 1.17 bits per heavy atom. The van der Waals surface area contributed by atoms with Gasteiger partial charge in [-0.3, -0.25) is 4.79 Å². The van der Waals surface area contributed by atoms with Gasteiger partial charge in [-0.15, -0.1) is 0 Å². The fourth-order valence-corrected chi connectivity index (χ4v) is 4.50. The van der Waals surface area contributed by atoms with Crippen LogP contribution in [-0.4, -0.2) is 42.1 Å². The van der Waals surface area contributed by atoms with Gasteiger partial charge in [0.2, 0.25) is 5.91 Å². The van der Waals surface area contributed by atoms with Crippen molar-refractivity contribution in [2.75, 3.05) is 26.7 Å². The minimum absolute atomic E-state index is 0.374. The lowest BCUT2D eigenvalue weighted by atomic mass is 10.0. The van der Waals surface area contributed by atoms with E-state index in [0.29, 0.717) is 11.6 Å². The first-order valence-corrected chi connectivity index (χ1v) is 10.3. The van der Waals surface area contributed by atoms with Crippen LogP contribution >= 0.6 is 0 Å². The highest BCUT2D eigenvalue weighted by Crippen LogP contribution is 2.29. The summed E-state index contributed by atoms with van der Waals surface area (Å²) in [5.74, 6) is 0.616. The number of carbonyl (C=O) groups is 1. The average molecular weight is 392 g/mol. The van der Waals surface area contributed by atoms with Gasteiger partial charge in [-0.25, -0.2) is 0 Å². The maximum absolute atomic E-state index is 11.6. The first kappa shape index (κ1) is 19.5. The van der Waals surface area contributed by atoms with Crippen molar-refractivity contribution in [1.29, 1.82) is 0 Å². The van der Waals surface area contributed by atoms with Gasteiger partial charge in [0.25, 0.3) is 0 Å². The average Bonchev–Trinajstić information content (AvgIpc) is 3.16. The van der Waals surface area contributed by atoms with E-state index in [0.717, 1.165) is 55.5 Å². The van der Waals surface area contributed by atoms with Gasteiger partial charge < -0.3 is 19.9 Å². The maximum Gasteiger partial charge on any atom is 0.248 e. The number of nitrogens with two attached hydrogens (primary N) is 1. The second kappa shape index (κ2) is 8.29. The van der Waals surface area contributed by atoms with E-state index in [4.69, 9.17) is 10.5 Å². The molecule has 0 radical (unpaired) electrons. The highest BCUT2D eigenvalue weighted by atomic mass is 16.5. The minimum Gasteiger partial charge on any atom is -0.496 e. The quantitative estimate of drug-likeness (QED) is 0.692. The van der Waals surface area contributed by atoms with Crippen LogP contribution in [0, 0.1) is 6.92 Å². The van der Waals surface area contributed by atoms with E-state index in [-0.39, 0.29) is 5.91 Å². The minimum atomic E-state index is -0.374. The number of methoxy groups -OCH3 is 1. The molecule has 1 aliphatic heterocycles. The zero-order chi connectivity index (χ0) is 20.4. The molecular weight excluding hydrogens is 362 g/mol. The zero-order valence-electron chi connectivity index (χ0n) is 17.2. The van der Waals surface area contributed by atoms with E-state index in [9.17, 15) is 4.79 Å². The van der Waals surface area contributed by atoms with Crippen molar-refractivity contribution in [3.63, 3.8) is 0 Å². The summed E-state index contributed by atoms with van der Waals surface area (Å²) in [5, 5.41) is 1.16. The highest BCUT2D eigenvalue weighted by Gasteiger charge is 2.22. The summed E-state index contributed by atoms with van der Waals surface area (Å²) in [7, 11) is 1.74. The smallest absolute Gasteiger partial charge is 0.248 e. The largest absolute Gasteiger partial charge is 0.496 e. The van der Waals surface area contributed by atoms with Crippen LogP contribution in [0.4, 0.5) is 0 Å². The number of fused-ring (bicyclic) bond motifs is 1. The van der Waals surface area contributed by atoms with Gasteiger partial charge in [0, 0.05) is 43.0 Å². The SMILES string of the molecule is COc1cccc(C)c1CCN1CCC(n2ccc3ccc(C(N)=O)cc32)CC1. The van der Waals surface area contributed by atoms with Crippen LogP contribution in [0.1, 0.15) is 40.4 Å². The maximum atomic E-state index is 11.6. The number of piperidine rings is 1. The Morgan fingerprint density at radius 3 is 2.69 bits per heavy atom. The van der Waals surface area contributed by atoms with Gasteiger partial charge in [-0.1, -0.05) is 18.2 Å². The number of benzene rings is 2. The summed E-state index contributed by atoms with van der Waals surface area (Å²) < 4.78 is 7.87. The molecule has 2 N–H and O–H groups in total. The summed E-state index contributed by atoms with van der Waals surface area (Å²) in [6.45, 7) is 5.36. The molecule has 3 aromatic rings. The first-order valence-electron chi connectivity index (χ1n) is 10.3. The summed E-state index contributed by atoms with van der Waals surface area (Å²) in [6.07, 6.45) is 5.37. The van der Waals surface area contributed by atoms with Crippen LogP contribution in [-0.2, 0) is 6.42 Å². The van der Waals surface area contributed by atoms with Gasteiger partial charge in [0.15, 0.2) is 0 Å². The predicted molar refractivity (Wildman–Crippen MR) is 117 cm³/mol. The number of hydrogen-bond donors (Lipinski definition) is 1. The Hall–Kier alpha value is -2.79. The molecule has 0 saturated carbocycles. The Bertz CT molecular complexity index is 1020. The molecule has 1 saturated heterocycles. The molecule has 1 aromatic heterocycles. The number of ether oxygens (including phenoxy) is 1. The second-order valence-electron chi connectivity index (χ2n) is 7.94. The molecule has 0 bridgehead atoms. The molecule has 29 heavy (non-hydrogen) atoms. The normalized spacial score (nSPS) is 15.7. The van der Waals surface area contributed by atoms with Crippen molar-refractivity contribution in [3.8, 4) is 5.75 Å². The molecule has 0 unspecified atom stereocenters. The van der Waals surface area contributed by atoms with E-state index >= 15 is 0 Å². The number of primary amides is 1. The Balaban J connectivity index is 1.41. The third-order valence-corrected chi connectivity index (χ3v) is 6.22. The third-order valence-electron chi connectivity index (χ3n) is 6.22. The van der Waals surface area contributed by atoms with Gasteiger partial charge in [-0.05, 0) is 67.0 Å². The van der Waals surface area contributed by atoms with Crippen molar-refractivity contribution in [3.05, 3.63) is 65.4 Å². The van der Waals surface area contributed by atoms with Gasteiger partial charge in [0.1, 0.15) is 5.75 Å². The topological polar surface area (TPSA) is 60.5 Å². The Labute approximate surface area is 172 Å². The molecule has 1 aliphatic rings. The molecule has 0 atom stereocenters. The number of carbonyl (C=O) groups excluding carboxylic acids is 1. The van der Waals surface area contributed by atoms with Crippen LogP contribution in [0.2, 0.25) is 0 Å². The van der Waals surface area contributed by atoms with Crippen LogP contribution in [0.5, 0.6) is 5.75 Å². The Morgan fingerprint density at radius 2 is 1.97 bits per heavy atom. The van der Waals surface area contributed by atoms with E-state index in [1.54, 1.807) is 13.2 Å². The standard InChI is InChI=1S/C24H29N3O2/c1-17-4-3-5-23(29-2)21(17)11-14-26-12-9-20(10-13-26)27-15-8-18-6-7-19(24(25)28)16-22(18)27/h3-8,15-16,20H,9-14H2,1-2H3,(H2,25,28). The number of aromatic nitrogens is 1. The van der Waals surface area contributed by atoms with Crippen LogP contribution in [0.25, 0.3) is 10.9 Å². The summed E-state index contributed by atoms with van der Waals surface area (Å²) >= 11 is 0. The third kappa shape index (κ3) is 4.01. The number of rotatable bonds is 6. The number of hydrogen-bond acceptors (Lipinski definition) is 3. The van der Waals surface area contributed by atoms with E-state index < -0.39 is 0 Å². The number of amides is 1. The van der Waals surface area contributed by atoms with Crippen molar-refractivity contribution < 1.29 is 9.53 Å². The van der Waals surface area contributed by atoms with Gasteiger partial charge in [0.05, 0.1) is 7.11 Å². The molecule has 2 heterocycles. The molecule has 0 spiro atoms. The fourth-order valence-electron chi connectivity index (χ4n) is 4.50. The van der Waals surface area contributed by atoms with Crippen molar-refractivity contribution in [2.24, 2.45) is 5.73 Å². The van der Waals surface area contributed by atoms with Gasteiger partial charge >= 0.3 is 0 Å². The summed E-state index contributed by atoms with van der Waals surface area (Å²) in [5.41, 5.74) is 9.75. The van der Waals surface area contributed by atoms with Crippen molar-refractivity contribution in [1.82, 2.24) is 9.47 Å². The lowest BCUT2D eigenvalue weighted by molar-refractivity contribution is 0.100. The highest BCUT2D eigenvalue weighted by molar-refractivity contribution is 5.97. The molecule has 2 aromatic carbocycles. The number of nitrogens with zero attached hydrogens (tertiary/aromatic N) is 2. The lowest BCUT2D eigenvalue weighted by Crippen LogP contribution is -2.36. The molecular formula is C24H29N3O2. The van der Waals surface area contributed by atoms with E-state index in [2.05, 4.69) is 34.7 Å². The van der Waals surface area contributed by atoms with Crippen molar-refractivity contribution in [2.45, 2.75) is 32.2 Å². The van der Waals surface area contributed by atoms with Gasteiger partial charge in [-0.2, -0.15) is 0 Å². The predicted octanol–water partition coefficient (Wildman–Crippen LogP) is 3.94.